The lowest BCUT2D eigenvalue weighted by molar-refractivity contribution is 0.413. The lowest BCUT2D eigenvalue weighted by Crippen LogP contribution is -2.06. The van der Waals surface area contributed by atoms with Crippen molar-refractivity contribution < 1.29 is 13.2 Å². The quantitative estimate of drug-likeness (QED) is 0.470. The minimum Gasteiger partial charge on any atom is -0.497 e. The van der Waals surface area contributed by atoms with Crippen LogP contribution in [0.25, 0.3) is 16.9 Å². The molecule has 30 heavy (non-hydrogen) atoms. The Kier molecular flexibility index (Phi) is 5.19. The summed E-state index contributed by atoms with van der Waals surface area (Å²) in [4.78, 5) is 0.0569. The van der Waals surface area contributed by atoms with E-state index in [1.54, 1.807) is 60.7 Å². The van der Waals surface area contributed by atoms with Crippen LogP contribution in [0, 0.1) is 0 Å². The number of benzene rings is 3. The number of hydrogen-bond acceptors (Lipinski definition) is 6. The Hall–Kier alpha value is -3.36. The van der Waals surface area contributed by atoms with Gasteiger partial charge in [-0.2, -0.15) is 0 Å². The first-order valence-electron chi connectivity index (χ1n) is 8.87. The zero-order valence-electron chi connectivity index (χ0n) is 15.9. The number of sulfone groups is 1. The first kappa shape index (κ1) is 19.9. The van der Waals surface area contributed by atoms with E-state index in [1.165, 1.54) is 23.9 Å². The molecular formula is C21H17ClN4O3S. The van der Waals surface area contributed by atoms with E-state index in [1.807, 2.05) is 0 Å². The number of rotatable bonds is 5. The highest BCUT2D eigenvalue weighted by Gasteiger charge is 2.29. The number of halogens is 1. The molecule has 0 aliphatic rings. The van der Waals surface area contributed by atoms with E-state index in [9.17, 15) is 8.42 Å². The Labute approximate surface area is 178 Å². The maximum absolute atomic E-state index is 13.4. The van der Waals surface area contributed by atoms with Crippen molar-refractivity contribution in [2.75, 3.05) is 12.8 Å². The molecule has 1 aromatic heterocycles. The molecule has 3 aromatic carbocycles. The Morgan fingerprint density at radius 1 is 1.00 bits per heavy atom. The van der Waals surface area contributed by atoms with E-state index >= 15 is 0 Å². The molecule has 0 saturated heterocycles. The van der Waals surface area contributed by atoms with Crippen LogP contribution in [0.1, 0.15) is 0 Å². The van der Waals surface area contributed by atoms with Crippen molar-refractivity contribution in [3.63, 3.8) is 0 Å². The van der Waals surface area contributed by atoms with Crippen LogP contribution < -0.4 is 10.5 Å². The molecule has 0 amide bonds. The molecule has 152 valence electrons. The van der Waals surface area contributed by atoms with Crippen LogP contribution >= 0.6 is 11.6 Å². The van der Waals surface area contributed by atoms with Crippen LogP contribution in [0.2, 0.25) is 5.02 Å². The summed E-state index contributed by atoms with van der Waals surface area (Å²) in [6, 6.07) is 19.9. The van der Waals surface area contributed by atoms with Gasteiger partial charge in [0, 0.05) is 16.3 Å². The highest BCUT2D eigenvalue weighted by atomic mass is 35.5. The molecule has 2 N–H and O–H groups in total. The minimum atomic E-state index is -3.99. The Bertz CT molecular complexity index is 1300. The number of anilines is 1. The molecule has 0 fully saturated rings. The maximum atomic E-state index is 13.4. The topological polar surface area (TPSA) is 100 Å². The summed E-state index contributed by atoms with van der Waals surface area (Å²) in [5.74, 6) is 0.426. The van der Waals surface area contributed by atoms with E-state index in [4.69, 9.17) is 22.1 Å². The van der Waals surface area contributed by atoms with Crippen LogP contribution in [0.4, 0.5) is 5.69 Å². The first-order chi connectivity index (χ1) is 14.4. The second kappa shape index (κ2) is 7.81. The molecule has 0 radical (unpaired) electrons. The molecule has 0 saturated carbocycles. The summed E-state index contributed by atoms with van der Waals surface area (Å²) in [6.07, 6.45) is 0. The normalized spacial score (nSPS) is 11.4. The van der Waals surface area contributed by atoms with E-state index in [0.29, 0.717) is 33.4 Å². The van der Waals surface area contributed by atoms with Crippen LogP contribution in [-0.2, 0) is 9.84 Å². The van der Waals surface area contributed by atoms with Gasteiger partial charge < -0.3 is 10.5 Å². The number of nitrogens with two attached hydrogens (primary N) is 1. The molecule has 0 aliphatic carbocycles. The number of aromatic nitrogens is 3. The summed E-state index contributed by atoms with van der Waals surface area (Å²) in [6.45, 7) is 0. The monoisotopic (exact) mass is 440 g/mol. The van der Waals surface area contributed by atoms with Gasteiger partial charge in [-0.3, -0.25) is 0 Å². The van der Waals surface area contributed by atoms with E-state index in [2.05, 4.69) is 10.3 Å². The SMILES string of the molecule is COc1cccc(S(=O)(=O)c2nnn(-c3ccc(N)cc3)c2-c2ccc(Cl)cc2)c1. The maximum Gasteiger partial charge on any atom is 0.228 e. The van der Waals surface area contributed by atoms with Gasteiger partial charge in [-0.25, -0.2) is 13.1 Å². The third-order valence-electron chi connectivity index (χ3n) is 4.50. The van der Waals surface area contributed by atoms with Crippen LogP contribution in [0.5, 0.6) is 5.75 Å². The van der Waals surface area contributed by atoms with Crippen molar-refractivity contribution in [3.8, 4) is 22.7 Å². The molecule has 0 bridgehead atoms. The zero-order valence-corrected chi connectivity index (χ0v) is 17.4. The number of nitrogens with zero attached hydrogens (tertiary/aromatic N) is 3. The fourth-order valence-corrected chi connectivity index (χ4v) is 4.46. The number of methoxy groups -OCH3 is 1. The van der Waals surface area contributed by atoms with Crippen molar-refractivity contribution in [3.05, 3.63) is 77.8 Å². The average molecular weight is 441 g/mol. The average Bonchev–Trinajstić information content (AvgIpc) is 3.21. The molecule has 4 aromatic rings. The number of hydrogen-bond donors (Lipinski definition) is 1. The predicted molar refractivity (Wildman–Crippen MR) is 115 cm³/mol. The lowest BCUT2D eigenvalue weighted by atomic mass is 10.1. The van der Waals surface area contributed by atoms with Crippen molar-refractivity contribution >= 4 is 27.1 Å². The third-order valence-corrected chi connectivity index (χ3v) is 6.41. The third kappa shape index (κ3) is 3.62. The molecule has 7 nitrogen and oxygen atoms in total. The van der Waals surface area contributed by atoms with Gasteiger partial charge in [-0.15, -0.1) is 5.10 Å². The second-order valence-electron chi connectivity index (χ2n) is 6.44. The van der Waals surface area contributed by atoms with E-state index in [-0.39, 0.29) is 9.92 Å². The predicted octanol–water partition coefficient (Wildman–Crippen LogP) is 4.01. The molecule has 9 heteroatoms. The van der Waals surface area contributed by atoms with Gasteiger partial charge in [0.15, 0.2) is 0 Å². The fourth-order valence-electron chi connectivity index (χ4n) is 2.98. The van der Waals surface area contributed by atoms with Crippen LogP contribution in [0.3, 0.4) is 0 Å². The lowest BCUT2D eigenvalue weighted by Gasteiger charge is -2.10. The van der Waals surface area contributed by atoms with Gasteiger partial charge in [-0.05, 0) is 54.6 Å². The largest absolute Gasteiger partial charge is 0.497 e. The van der Waals surface area contributed by atoms with Gasteiger partial charge in [0.05, 0.1) is 17.7 Å². The Balaban J connectivity index is 1.96. The molecular weight excluding hydrogens is 424 g/mol. The fraction of sp³-hybridized carbons (Fsp3) is 0.0476. The van der Waals surface area contributed by atoms with Crippen LogP contribution in [-0.4, -0.2) is 30.5 Å². The number of nitrogen functional groups attached to an aromatic ring is 1. The summed E-state index contributed by atoms with van der Waals surface area (Å²) in [7, 11) is -2.51. The summed E-state index contributed by atoms with van der Waals surface area (Å²) in [5.41, 5.74) is 7.90. The highest BCUT2D eigenvalue weighted by molar-refractivity contribution is 7.91. The van der Waals surface area contributed by atoms with E-state index < -0.39 is 9.84 Å². The van der Waals surface area contributed by atoms with Crippen LogP contribution in [0.15, 0.2) is 82.7 Å². The summed E-state index contributed by atoms with van der Waals surface area (Å²) < 4.78 is 33.5. The molecule has 1 heterocycles. The van der Waals surface area contributed by atoms with Gasteiger partial charge >= 0.3 is 0 Å². The molecule has 0 spiro atoms. The minimum absolute atomic E-state index is 0.0569. The summed E-state index contributed by atoms with van der Waals surface area (Å²) in [5, 5.41) is 8.53. The Morgan fingerprint density at radius 3 is 2.37 bits per heavy atom. The first-order valence-corrected chi connectivity index (χ1v) is 10.7. The van der Waals surface area contributed by atoms with E-state index in [0.717, 1.165) is 0 Å². The van der Waals surface area contributed by atoms with Crippen molar-refractivity contribution in [1.29, 1.82) is 0 Å². The van der Waals surface area contributed by atoms with Crippen molar-refractivity contribution in [1.82, 2.24) is 15.0 Å². The molecule has 0 atom stereocenters. The molecule has 0 unspecified atom stereocenters. The van der Waals surface area contributed by atoms with Gasteiger partial charge in [0.2, 0.25) is 14.9 Å². The number of ether oxygens (including phenoxy) is 1. The van der Waals surface area contributed by atoms with Crippen molar-refractivity contribution in [2.24, 2.45) is 0 Å². The molecule has 0 aliphatic heterocycles. The zero-order chi connectivity index (χ0) is 21.3. The summed E-state index contributed by atoms with van der Waals surface area (Å²) >= 11 is 6.02. The second-order valence-corrected chi connectivity index (χ2v) is 8.74. The standard InChI is InChI=1S/C21H17ClN4O3S/c1-29-18-3-2-4-19(13-18)30(27,28)21-20(14-5-7-15(22)8-6-14)26(25-24-21)17-11-9-16(23)10-12-17/h2-13H,23H2,1H3. The van der Waals surface area contributed by atoms with Gasteiger partial charge in [0.1, 0.15) is 11.4 Å². The van der Waals surface area contributed by atoms with Crippen molar-refractivity contribution in [2.45, 2.75) is 9.92 Å². The van der Waals surface area contributed by atoms with Gasteiger partial charge in [-0.1, -0.05) is 35.0 Å². The smallest absolute Gasteiger partial charge is 0.228 e. The van der Waals surface area contributed by atoms with Gasteiger partial charge in [0.25, 0.3) is 0 Å². The Morgan fingerprint density at radius 2 is 1.70 bits per heavy atom. The molecule has 4 rings (SSSR count). The highest BCUT2D eigenvalue weighted by Crippen LogP contribution is 2.33.